The van der Waals surface area contributed by atoms with Gasteiger partial charge in [0.15, 0.2) is 6.10 Å². The predicted molar refractivity (Wildman–Crippen MR) is 125 cm³/mol. The van der Waals surface area contributed by atoms with Gasteiger partial charge in [0.1, 0.15) is 11.4 Å². The van der Waals surface area contributed by atoms with Crippen molar-refractivity contribution in [2.45, 2.75) is 44.8 Å². The molecule has 3 aromatic rings. The third-order valence-corrected chi connectivity index (χ3v) is 6.28. The van der Waals surface area contributed by atoms with E-state index in [2.05, 4.69) is 16.0 Å². The number of H-pyrrole nitrogens is 1. The number of nitrogens with one attached hydrogen (secondary N) is 2. The number of aromatic amines is 1. The van der Waals surface area contributed by atoms with Crippen LogP contribution in [0.2, 0.25) is 5.02 Å². The molecule has 9 nitrogen and oxygen atoms in total. The molecule has 1 heterocycles. The molecule has 11 heteroatoms. The average Bonchev–Trinajstić information content (AvgIpc) is 3.17. The fraction of sp³-hybridized carbons (Fsp3) is 0.292. The number of ether oxygens (including phenoxy) is 1. The number of amides is 1. The highest BCUT2D eigenvalue weighted by molar-refractivity contribution is 6.31. The van der Waals surface area contributed by atoms with Crippen molar-refractivity contribution in [3.63, 3.8) is 0 Å². The molecule has 1 amide bonds. The lowest BCUT2D eigenvalue weighted by molar-refractivity contribution is -0.386. The third-order valence-electron chi connectivity index (χ3n) is 6.06. The summed E-state index contributed by atoms with van der Waals surface area (Å²) in [6.07, 6.45) is 0.208. The smallest absolute Gasteiger partial charge is 0.352 e. The van der Waals surface area contributed by atoms with Crippen molar-refractivity contribution >= 4 is 46.0 Å². The summed E-state index contributed by atoms with van der Waals surface area (Å²) >= 11 is 6.19. The standard InChI is InChI=1S/C24H24ClN3O6.ClH/c1-11(23(30)31)34-18-6-12(10-26)2-5-16(18)27-19(29)8-14-4-3-13-7-15(25)9-17-20(13)21(14)22(28-17)24(32)33;/h2,5-7,9,11,14,28H,3-4,8,10,26H2,1H3,(H,27,29)(H,30,31)(H,32,33);1H/t11-,14-;/m0./s1. The lowest BCUT2D eigenvalue weighted by atomic mass is 9.81. The Kier molecular flexibility index (Phi) is 7.94. The number of carboxylic acids is 2. The number of hydrogen-bond donors (Lipinski definition) is 5. The van der Waals surface area contributed by atoms with Gasteiger partial charge in [-0.25, -0.2) is 9.59 Å². The lowest BCUT2D eigenvalue weighted by Gasteiger charge is -2.23. The number of carbonyl (C=O) groups is 3. The predicted octanol–water partition coefficient (Wildman–Crippen LogP) is 0.176. The van der Waals surface area contributed by atoms with Crippen LogP contribution in [-0.2, 0) is 22.6 Å². The highest BCUT2D eigenvalue weighted by atomic mass is 35.5. The van der Waals surface area contributed by atoms with Crippen molar-refractivity contribution in [2.24, 2.45) is 0 Å². The maximum Gasteiger partial charge on any atom is 0.352 e. The summed E-state index contributed by atoms with van der Waals surface area (Å²) in [4.78, 5) is 39.1. The number of hydrogen-bond acceptors (Lipinski definition) is 4. The van der Waals surface area contributed by atoms with Gasteiger partial charge in [0.05, 0.1) is 12.2 Å². The van der Waals surface area contributed by atoms with Gasteiger partial charge in [0.25, 0.3) is 0 Å². The molecule has 0 bridgehead atoms. The lowest BCUT2D eigenvalue weighted by Crippen LogP contribution is -3.00. The van der Waals surface area contributed by atoms with Crippen LogP contribution in [0.25, 0.3) is 10.9 Å². The molecule has 0 unspecified atom stereocenters. The van der Waals surface area contributed by atoms with Crippen LogP contribution in [0.5, 0.6) is 5.75 Å². The molecule has 1 aliphatic carbocycles. The first-order valence-electron chi connectivity index (χ1n) is 10.9. The van der Waals surface area contributed by atoms with E-state index in [1.807, 2.05) is 6.07 Å². The normalized spacial score (nSPS) is 15.2. The highest BCUT2D eigenvalue weighted by Crippen LogP contribution is 2.42. The van der Waals surface area contributed by atoms with Gasteiger partial charge in [0.2, 0.25) is 5.91 Å². The van der Waals surface area contributed by atoms with E-state index in [-0.39, 0.29) is 42.1 Å². The number of aromatic nitrogens is 1. The van der Waals surface area contributed by atoms with Crippen LogP contribution >= 0.6 is 11.6 Å². The van der Waals surface area contributed by atoms with E-state index in [9.17, 15) is 24.6 Å². The number of aliphatic carboxylic acids is 1. The minimum atomic E-state index is -1.13. The molecule has 0 aliphatic heterocycles. The van der Waals surface area contributed by atoms with Crippen molar-refractivity contribution in [3.05, 3.63) is 57.7 Å². The van der Waals surface area contributed by atoms with Crippen LogP contribution in [0.15, 0.2) is 30.3 Å². The van der Waals surface area contributed by atoms with Crippen LogP contribution < -0.4 is 28.2 Å². The minimum Gasteiger partial charge on any atom is -1.00 e. The number of carbonyl (C=O) groups excluding carboxylic acids is 1. The SMILES string of the molecule is C[C@H](Oc1cc(C[NH3+])ccc1NC(=O)C[C@@H]1CCc2cc(Cl)cc3[nH]c(C(=O)O)c1c23)C(=O)O.[Cl-]. The van der Waals surface area contributed by atoms with Gasteiger partial charge >= 0.3 is 11.9 Å². The third kappa shape index (κ3) is 5.37. The summed E-state index contributed by atoms with van der Waals surface area (Å²) in [5, 5.41) is 23.1. The van der Waals surface area contributed by atoms with Crippen molar-refractivity contribution in [1.82, 2.24) is 4.98 Å². The Labute approximate surface area is 212 Å². The zero-order chi connectivity index (χ0) is 24.6. The van der Waals surface area contributed by atoms with E-state index >= 15 is 0 Å². The highest BCUT2D eigenvalue weighted by Gasteiger charge is 2.31. The average molecular weight is 522 g/mol. The largest absolute Gasteiger partial charge is 1.00 e. The number of carboxylic acid groups (broad SMARTS) is 2. The molecule has 2 aromatic carbocycles. The van der Waals surface area contributed by atoms with Crippen molar-refractivity contribution < 1.29 is 47.5 Å². The van der Waals surface area contributed by atoms with Gasteiger partial charge in [-0.1, -0.05) is 17.7 Å². The van der Waals surface area contributed by atoms with E-state index in [1.165, 1.54) is 6.92 Å². The Morgan fingerprint density at radius 2 is 2.00 bits per heavy atom. The molecule has 1 aromatic heterocycles. The summed E-state index contributed by atoms with van der Waals surface area (Å²) in [7, 11) is 0. The molecule has 4 rings (SSSR count). The van der Waals surface area contributed by atoms with Crippen molar-refractivity contribution in [3.8, 4) is 5.75 Å². The molecule has 0 radical (unpaired) electrons. The second-order valence-corrected chi connectivity index (χ2v) is 8.81. The molecule has 186 valence electrons. The number of anilines is 1. The van der Waals surface area contributed by atoms with E-state index in [4.69, 9.17) is 16.3 Å². The summed E-state index contributed by atoms with van der Waals surface area (Å²) in [6, 6.07) is 8.61. The second-order valence-electron chi connectivity index (χ2n) is 8.37. The van der Waals surface area contributed by atoms with Crippen LogP contribution in [-0.4, -0.2) is 39.1 Å². The van der Waals surface area contributed by atoms with Gasteiger partial charge in [-0.2, -0.15) is 0 Å². The zero-order valence-corrected chi connectivity index (χ0v) is 20.4. The summed E-state index contributed by atoms with van der Waals surface area (Å²) in [5.74, 6) is -2.62. The fourth-order valence-electron chi connectivity index (χ4n) is 4.45. The van der Waals surface area contributed by atoms with Gasteiger partial charge in [-0.15, -0.1) is 0 Å². The Morgan fingerprint density at radius 3 is 2.66 bits per heavy atom. The molecule has 0 spiro atoms. The number of aromatic carboxylic acids is 1. The summed E-state index contributed by atoms with van der Waals surface area (Å²) < 4.78 is 5.55. The molecule has 35 heavy (non-hydrogen) atoms. The second kappa shape index (κ2) is 10.6. The van der Waals surface area contributed by atoms with E-state index in [1.54, 1.807) is 24.3 Å². The topological polar surface area (TPSA) is 156 Å². The van der Waals surface area contributed by atoms with E-state index in [0.29, 0.717) is 41.2 Å². The Hall–Kier alpha value is -3.27. The molecular formula is C24H25Cl2N3O6. The number of aryl methyl sites for hydroxylation is 1. The quantitative estimate of drug-likeness (QED) is 0.284. The number of benzene rings is 2. The molecule has 0 saturated carbocycles. The Bertz CT molecular complexity index is 1310. The van der Waals surface area contributed by atoms with Crippen LogP contribution in [0.3, 0.4) is 0 Å². The van der Waals surface area contributed by atoms with Crippen molar-refractivity contribution in [1.29, 1.82) is 0 Å². The van der Waals surface area contributed by atoms with E-state index in [0.717, 1.165) is 16.5 Å². The van der Waals surface area contributed by atoms with Crippen LogP contribution in [0, 0.1) is 0 Å². The Balaban J connectivity index is 0.00000342. The fourth-order valence-corrected chi connectivity index (χ4v) is 4.69. The van der Waals surface area contributed by atoms with Crippen molar-refractivity contribution in [2.75, 3.05) is 5.32 Å². The molecule has 0 fully saturated rings. The zero-order valence-electron chi connectivity index (χ0n) is 18.9. The summed E-state index contributed by atoms with van der Waals surface area (Å²) in [5.41, 5.74) is 7.27. The molecule has 7 N–H and O–H groups in total. The number of rotatable bonds is 8. The first kappa shape index (κ1) is 26.3. The van der Waals surface area contributed by atoms with Gasteiger partial charge in [-0.3, -0.25) is 4.79 Å². The summed E-state index contributed by atoms with van der Waals surface area (Å²) in [6.45, 7) is 1.88. The molecule has 1 aliphatic rings. The van der Waals surface area contributed by atoms with E-state index < -0.39 is 18.0 Å². The number of quaternary nitrogens is 1. The minimum absolute atomic E-state index is 0. The monoisotopic (exact) mass is 521 g/mol. The van der Waals surface area contributed by atoms with Gasteiger partial charge in [0, 0.05) is 27.9 Å². The first-order chi connectivity index (χ1) is 16.2. The Morgan fingerprint density at radius 1 is 1.26 bits per heavy atom. The maximum atomic E-state index is 13.0. The molecular weight excluding hydrogens is 497 g/mol. The molecule has 0 saturated heterocycles. The number of halogens is 2. The molecule has 2 atom stereocenters. The maximum absolute atomic E-state index is 13.0. The first-order valence-corrected chi connectivity index (χ1v) is 11.2. The van der Waals surface area contributed by atoms with Crippen LogP contribution in [0.1, 0.15) is 52.9 Å². The van der Waals surface area contributed by atoms with Gasteiger partial charge in [-0.05, 0) is 61.1 Å². The van der Waals surface area contributed by atoms with Crippen LogP contribution in [0.4, 0.5) is 5.69 Å². The van der Waals surface area contributed by atoms with Gasteiger partial charge < -0.3 is 43.4 Å².